The van der Waals surface area contributed by atoms with Crippen molar-refractivity contribution >= 4 is 29.6 Å². The third kappa shape index (κ3) is 12.8. The van der Waals surface area contributed by atoms with Crippen molar-refractivity contribution in [3.05, 3.63) is 0 Å². The Kier molecular flexibility index (Phi) is 14.7. The minimum Gasteiger partial charge on any atom is -0.463 e. The lowest BCUT2D eigenvalue weighted by Gasteiger charge is -2.37. The van der Waals surface area contributed by atoms with E-state index in [2.05, 4.69) is 39.0 Å². The first kappa shape index (κ1) is 32.1. The van der Waals surface area contributed by atoms with Gasteiger partial charge in [0.15, 0.2) is 0 Å². The Hall–Kier alpha value is -3.97. The summed E-state index contributed by atoms with van der Waals surface area (Å²) in [4.78, 5) is 61.7. The number of ether oxygens (including phenoxy) is 1. The number of carbonyl (C=O) groups is 5. The number of hydrogen-bond acceptors (Lipinski definition) is 6. The van der Waals surface area contributed by atoms with Gasteiger partial charge in [-0.15, -0.1) is 19.3 Å². The third-order valence-corrected chi connectivity index (χ3v) is 6.42. The van der Waals surface area contributed by atoms with Crippen LogP contribution in [0.2, 0.25) is 0 Å². The first-order valence-electron chi connectivity index (χ1n) is 12.7. The van der Waals surface area contributed by atoms with Gasteiger partial charge in [-0.05, 0) is 44.9 Å². The van der Waals surface area contributed by atoms with E-state index in [0.29, 0.717) is 25.7 Å². The maximum Gasteiger partial charge on any atom is 0.302 e. The number of hydrogen-bond donors (Lipinski definition) is 4. The Bertz CT molecular complexity index is 880. The molecule has 4 N–H and O–H groups in total. The van der Waals surface area contributed by atoms with Crippen molar-refractivity contribution in [1.29, 1.82) is 0 Å². The van der Waals surface area contributed by atoms with Crippen molar-refractivity contribution in [3.8, 4) is 37.0 Å². The number of nitrogens with one attached hydrogen (secondary N) is 4. The fourth-order valence-electron chi connectivity index (χ4n) is 4.38. The molecule has 1 saturated carbocycles. The topological polar surface area (TPSA) is 143 Å². The number of amides is 4. The first-order chi connectivity index (χ1) is 18.1. The molecule has 1 rings (SSSR count). The highest BCUT2D eigenvalue weighted by molar-refractivity contribution is 5.81. The monoisotopic (exact) mass is 526 g/mol. The van der Waals surface area contributed by atoms with Crippen LogP contribution in [0.3, 0.4) is 0 Å². The van der Waals surface area contributed by atoms with Gasteiger partial charge in [0.25, 0.3) is 0 Å². The highest BCUT2D eigenvalue weighted by Crippen LogP contribution is 2.30. The molecular formula is C28H38N4O6. The van der Waals surface area contributed by atoms with E-state index in [1.165, 1.54) is 6.92 Å². The van der Waals surface area contributed by atoms with Crippen LogP contribution in [-0.2, 0) is 28.7 Å². The van der Waals surface area contributed by atoms with E-state index in [-0.39, 0.29) is 99.8 Å². The summed E-state index contributed by atoms with van der Waals surface area (Å²) in [5.74, 6) is 5.16. The minimum absolute atomic E-state index is 0.0269. The average molecular weight is 527 g/mol. The van der Waals surface area contributed by atoms with Crippen LogP contribution >= 0.6 is 0 Å². The highest BCUT2D eigenvalue weighted by Gasteiger charge is 2.36. The normalized spacial score (nSPS) is 16.5. The van der Waals surface area contributed by atoms with Gasteiger partial charge in [-0.3, -0.25) is 24.0 Å². The maximum absolute atomic E-state index is 13.4. The van der Waals surface area contributed by atoms with Gasteiger partial charge in [-0.2, -0.15) is 0 Å². The lowest BCUT2D eigenvalue weighted by Crippen LogP contribution is -2.52. The Labute approximate surface area is 225 Å². The molecule has 0 atom stereocenters. The van der Waals surface area contributed by atoms with Crippen LogP contribution in [-0.4, -0.2) is 60.9 Å². The van der Waals surface area contributed by atoms with Crippen LogP contribution in [0.5, 0.6) is 0 Å². The fourth-order valence-corrected chi connectivity index (χ4v) is 4.38. The Balaban J connectivity index is 3.08. The second-order valence-corrected chi connectivity index (χ2v) is 9.30. The third-order valence-electron chi connectivity index (χ3n) is 6.42. The molecule has 0 aliphatic heterocycles. The average Bonchev–Trinajstić information content (AvgIpc) is 2.90. The quantitative estimate of drug-likeness (QED) is 0.181. The van der Waals surface area contributed by atoms with E-state index >= 15 is 0 Å². The zero-order valence-electron chi connectivity index (χ0n) is 22.0. The molecule has 0 aromatic carbocycles. The van der Waals surface area contributed by atoms with Crippen molar-refractivity contribution in [2.24, 2.45) is 5.92 Å². The largest absolute Gasteiger partial charge is 0.463 e. The van der Waals surface area contributed by atoms with E-state index in [4.69, 9.17) is 24.0 Å². The van der Waals surface area contributed by atoms with Crippen LogP contribution in [0.1, 0.15) is 71.1 Å². The van der Waals surface area contributed by atoms with Crippen LogP contribution in [0.4, 0.5) is 0 Å². The van der Waals surface area contributed by atoms with Gasteiger partial charge in [0.1, 0.15) is 6.10 Å². The SMILES string of the molecule is C#CCNC(=O)CCC(CCC(=O)NCC#C)(CCC(=O)NCC#C)NC(=O)[C@H]1CC[C@H](OC(C)=O)CC1. The summed E-state index contributed by atoms with van der Waals surface area (Å²) >= 11 is 0. The molecule has 0 bridgehead atoms. The Morgan fingerprint density at radius 3 is 1.47 bits per heavy atom. The molecule has 10 nitrogen and oxygen atoms in total. The smallest absolute Gasteiger partial charge is 0.302 e. The van der Waals surface area contributed by atoms with Crippen LogP contribution in [0.25, 0.3) is 0 Å². The molecule has 10 heteroatoms. The molecule has 0 spiro atoms. The summed E-state index contributed by atoms with van der Waals surface area (Å²) in [5, 5.41) is 10.9. The van der Waals surface area contributed by atoms with Gasteiger partial charge in [-0.1, -0.05) is 17.8 Å². The summed E-state index contributed by atoms with van der Waals surface area (Å²) in [5.41, 5.74) is -1.03. The summed E-state index contributed by atoms with van der Waals surface area (Å²) in [6, 6.07) is 0. The highest BCUT2D eigenvalue weighted by atomic mass is 16.5. The molecular weight excluding hydrogens is 488 g/mol. The van der Waals surface area contributed by atoms with Gasteiger partial charge in [0.05, 0.1) is 19.6 Å². The second-order valence-electron chi connectivity index (χ2n) is 9.30. The van der Waals surface area contributed by atoms with Crippen molar-refractivity contribution in [3.63, 3.8) is 0 Å². The molecule has 0 heterocycles. The van der Waals surface area contributed by atoms with Gasteiger partial charge in [0, 0.05) is 37.6 Å². The van der Waals surface area contributed by atoms with Crippen molar-refractivity contribution in [2.75, 3.05) is 19.6 Å². The molecule has 0 aromatic heterocycles. The van der Waals surface area contributed by atoms with E-state index in [1.807, 2.05) is 0 Å². The Morgan fingerprint density at radius 2 is 1.13 bits per heavy atom. The zero-order chi connectivity index (χ0) is 28.4. The van der Waals surface area contributed by atoms with Gasteiger partial charge >= 0.3 is 5.97 Å². The van der Waals surface area contributed by atoms with E-state index in [1.54, 1.807) is 0 Å². The van der Waals surface area contributed by atoms with Gasteiger partial charge in [0.2, 0.25) is 23.6 Å². The van der Waals surface area contributed by atoms with Crippen LogP contribution < -0.4 is 21.3 Å². The van der Waals surface area contributed by atoms with Crippen LogP contribution in [0, 0.1) is 42.9 Å². The maximum atomic E-state index is 13.4. The molecule has 0 aromatic rings. The summed E-state index contributed by atoms with van der Waals surface area (Å²) in [7, 11) is 0. The predicted molar refractivity (Wildman–Crippen MR) is 142 cm³/mol. The van der Waals surface area contributed by atoms with Crippen molar-refractivity contribution in [1.82, 2.24) is 21.3 Å². The molecule has 38 heavy (non-hydrogen) atoms. The lowest BCUT2D eigenvalue weighted by molar-refractivity contribution is -0.148. The molecule has 206 valence electrons. The van der Waals surface area contributed by atoms with Gasteiger partial charge in [-0.25, -0.2) is 0 Å². The molecule has 0 radical (unpaired) electrons. The molecule has 0 unspecified atom stereocenters. The first-order valence-corrected chi connectivity index (χ1v) is 12.7. The second kappa shape index (κ2) is 17.5. The van der Waals surface area contributed by atoms with E-state index < -0.39 is 5.54 Å². The zero-order valence-corrected chi connectivity index (χ0v) is 22.0. The molecule has 4 amide bonds. The number of esters is 1. The van der Waals surface area contributed by atoms with Crippen molar-refractivity contribution in [2.45, 2.75) is 82.8 Å². The van der Waals surface area contributed by atoms with E-state index in [9.17, 15) is 24.0 Å². The summed E-state index contributed by atoms with van der Waals surface area (Å²) in [6.45, 7) is 1.54. The molecule has 0 saturated heterocycles. The number of carbonyl (C=O) groups excluding carboxylic acids is 5. The minimum atomic E-state index is -1.03. The molecule has 1 fully saturated rings. The standard InChI is InChI=1S/C28H38N4O6/c1-5-18-29-24(34)12-15-28(16-13-25(35)30-19-6-2,17-14-26(36)31-20-7-3)32-27(37)22-8-10-23(11-9-22)38-21(4)33/h1-3,22-23H,8-20H2,4H3,(H,29,34)(H,30,35)(H,31,36)(H,32,37)/t22-,23-. The summed E-state index contributed by atoms with van der Waals surface area (Å²) < 4.78 is 5.27. The molecule has 1 aliphatic rings. The lowest BCUT2D eigenvalue weighted by atomic mass is 9.81. The van der Waals surface area contributed by atoms with Gasteiger partial charge < -0.3 is 26.0 Å². The fraction of sp³-hybridized carbons (Fsp3) is 0.607. The van der Waals surface area contributed by atoms with Crippen molar-refractivity contribution < 1.29 is 28.7 Å². The molecule has 1 aliphatic carbocycles. The van der Waals surface area contributed by atoms with Crippen LogP contribution in [0.15, 0.2) is 0 Å². The summed E-state index contributed by atoms with van der Waals surface area (Å²) in [6.07, 6.45) is 18.2. The van der Waals surface area contributed by atoms with E-state index in [0.717, 1.165) is 0 Å². The predicted octanol–water partition coefficient (Wildman–Crippen LogP) is 0.552. The Morgan fingerprint density at radius 1 is 0.737 bits per heavy atom. The number of rotatable bonds is 15. The number of terminal acetylenes is 3.